The second-order valence-electron chi connectivity index (χ2n) is 3.88. The smallest absolute Gasteiger partial charge is 0.193 e. The lowest BCUT2D eigenvalue weighted by Crippen LogP contribution is -2.21. The van der Waals surface area contributed by atoms with E-state index in [1.807, 2.05) is 6.07 Å². The summed E-state index contributed by atoms with van der Waals surface area (Å²) in [6.07, 6.45) is 1.07. The van der Waals surface area contributed by atoms with Gasteiger partial charge in [0.1, 0.15) is 5.76 Å². The molecule has 1 atom stereocenters. The first-order chi connectivity index (χ1) is 6.63. The topological polar surface area (TPSA) is 25.2 Å². The van der Waals surface area contributed by atoms with Gasteiger partial charge in [0.15, 0.2) is 5.22 Å². The van der Waals surface area contributed by atoms with Gasteiger partial charge in [0.2, 0.25) is 0 Å². The normalized spacial score (nSPS) is 13.5. The average molecular weight is 216 g/mol. The van der Waals surface area contributed by atoms with Gasteiger partial charge >= 0.3 is 0 Å². The minimum atomic E-state index is 0.285. The summed E-state index contributed by atoms with van der Waals surface area (Å²) in [6, 6.07) is 4.02. The molecule has 0 saturated heterocycles. The van der Waals surface area contributed by atoms with Crippen LogP contribution in [0.25, 0.3) is 0 Å². The highest BCUT2D eigenvalue weighted by Crippen LogP contribution is 2.24. The molecule has 2 nitrogen and oxygen atoms in total. The van der Waals surface area contributed by atoms with Crippen LogP contribution in [0.4, 0.5) is 0 Å². The third-order valence-electron chi connectivity index (χ3n) is 2.10. The number of halogens is 1. The van der Waals surface area contributed by atoms with E-state index in [2.05, 4.69) is 26.1 Å². The first-order valence-electron chi connectivity index (χ1n) is 5.12. The Balaban J connectivity index is 2.66. The summed E-state index contributed by atoms with van der Waals surface area (Å²) in [5, 5.41) is 3.86. The predicted octanol–water partition coefficient (Wildman–Crippen LogP) is 3.63. The maximum Gasteiger partial charge on any atom is 0.193 e. The highest BCUT2D eigenvalue weighted by molar-refractivity contribution is 6.28. The lowest BCUT2D eigenvalue weighted by atomic mass is 10.0. The maximum absolute atomic E-state index is 5.75. The van der Waals surface area contributed by atoms with E-state index in [1.165, 1.54) is 0 Å². The van der Waals surface area contributed by atoms with Gasteiger partial charge in [-0.1, -0.05) is 20.8 Å². The Kier molecular flexibility index (Phi) is 4.49. The van der Waals surface area contributed by atoms with Crippen molar-refractivity contribution in [3.05, 3.63) is 23.1 Å². The second-order valence-corrected chi connectivity index (χ2v) is 4.25. The van der Waals surface area contributed by atoms with E-state index < -0.39 is 0 Å². The summed E-state index contributed by atoms with van der Waals surface area (Å²) in [6.45, 7) is 7.44. The molecule has 0 aliphatic carbocycles. The fourth-order valence-electron chi connectivity index (χ4n) is 1.53. The lowest BCUT2D eigenvalue weighted by Gasteiger charge is -2.17. The highest BCUT2D eigenvalue weighted by atomic mass is 35.5. The van der Waals surface area contributed by atoms with Crippen LogP contribution in [0.1, 0.15) is 39.0 Å². The van der Waals surface area contributed by atoms with E-state index in [9.17, 15) is 0 Å². The van der Waals surface area contributed by atoms with Crippen molar-refractivity contribution in [3.8, 4) is 0 Å². The standard InChI is InChI=1S/C11H18ClNO/c1-4-13-9(7-8(2)3)10-5-6-11(12)14-10/h5-6,8-9,13H,4,7H2,1-3H3. The SMILES string of the molecule is CCNC(CC(C)C)c1ccc(Cl)o1. The number of furan rings is 1. The van der Waals surface area contributed by atoms with E-state index >= 15 is 0 Å². The van der Waals surface area contributed by atoms with Gasteiger partial charge in [0, 0.05) is 0 Å². The molecule has 3 heteroatoms. The number of hydrogen-bond donors (Lipinski definition) is 1. The molecular formula is C11H18ClNO. The lowest BCUT2D eigenvalue weighted by molar-refractivity contribution is 0.367. The molecule has 0 fully saturated rings. The maximum atomic E-state index is 5.75. The van der Waals surface area contributed by atoms with Crippen LogP contribution >= 0.6 is 11.6 Å². The Bertz CT molecular complexity index is 270. The van der Waals surface area contributed by atoms with Crippen LogP contribution in [-0.4, -0.2) is 6.54 Å². The van der Waals surface area contributed by atoms with Crippen LogP contribution in [0.3, 0.4) is 0 Å². The van der Waals surface area contributed by atoms with Gasteiger partial charge in [-0.3, -0.25) is 0 Å². The zero-order chi connectivity index (χ0) is 10.6. The summed E-state index contributed by atoms with van der Waals surface area (Å²) < 4.78 is 5.40. The van der Waals surface area contributed by atoms with Gasteiger partial charge in [-0.05, 0) is 42.6 Å². The van der Waals surface area contributed by atoms with Gasteiger partial charge in [-0.2, -0.15) is 0 Å². The van der Waals surface area contributed by atoms with Crippen molar-refractivity contribution >= 4 is 11.6 Å². The molecule has 0 aliphatic rings. The third-order valence-corrected chi connectivity index (χ3v) is 2.30. The fraction of sp³-hybridized carbons (Fsp3) is 0.636. The molecule has 1 rings (SSSR count). The average Bonchev–Trinajstić information content (AvgIpc) is 2.50. The Morgan fingerprint density at radius 3 is 2.57 bits per heavy atom. The van der Waals surface area contributed by atoms with Gasteiger partial charge in [0.05, 0.1) is 6.04 Å². The van der Waals surface area contributed by atoms with Gasteiger partial charge < -0.3 is 9.73 Å². The second kappa shape index (κ2) is 5.42. The van der Waals surface area contributed by atoms with Crippen LogP contribution in [0.5, 0.6) is 0 Å². The van der Waals surface area contributed by atoms with Crippen molar-refractivity contribution in [2.24, 2.45) is 5.92 Å². The van der Waals surface area contributed by atoms with E-state index in [1.54, 1.807) is 6.07 Å². The minimum absolute atomic E-state index is 0.285. The van der Waals surface area contributed by atoms with E-state index in [0.717, 1.165) is 18.7 Å². The largest absolute Gasteiger partial charge is 0.448 e. The van der Waals surface area contributed by atoms with E-state index in [0.29, 0.717) is 11.1 Å². The zero-order valence-corrected chi connectivity index (χ0v) is 9.77. The molecule has 0 saturated carbocycles. The molecule has 1 aromatic rings. The summed E-state index contributed by atoms with van der Waals surface area (Å²) in [5.41, 5.74) is 0. The quantitative estimate of drug-likeness (QED) is 0.812. The van der Waals surface area contributed by atoms with Gasteiger partial charge in [-0.25, -0.2) is 0 Å². The minimum Gasteiger partial charge on any atom is -0.448 e. The van der Waals surface area contributed by atoms with Crippen molar-refractivity contribution in [1.29, 1.82) is 0 Å². The molecule has 80 valence electrons. The predicted molar refractivity (Wildman–Crippen MR) is 59.6 cm³/mol. The van der Waals surface area contributed by atoms with Gasteiger partial charge in [-0.15, -0.1) is 0 Å². The molecule has 0 bridgehead atoms. The summed E-state index contributed by atoms with van der Waals surface area (Å²) in [5.74, 6) is 1.58. The van der Waals surface area contributed by atoms with E-state index in [-0.39, 0.29) is 6.04 Å². The molecule has 0 aromatic carbocycles. The molecule has 0 spiro atoms. The van der Waals surface area contributed by atoms with Crippen molar-refractivity contribution in [2.75, 3.05) is 6.54 Å². The fourth-order valence-corrected chi connectivity index (χ4v) is 1.69. The molecule has 1 unspecified atom stereocenters. The van der Waals surface area contributed by atoms with Crippen LogP contribution in [0.2, 0.25) is 5.22 Å². The van der Waals surface area contributed by atoms with Crippen molar-refractivity contribution < 1.29 is 4.42 Å². The summed E-state index contributed by atoms with van der Waals surface area (Å²) in [4.78, 5) is 0. The Morgan fingerprint density at radius 1 is 1.43 bits per heavy atom. The number of nitrogens with one attached hydrogen (secondary N) is 1. The molecule has 1 heterocycles. The molecule has 0 aliphatic heterocycles. The third kappa shape index (κ3) is 3.35. The van der Waals surface area contributed by atoms with Crippen LogP contribution < -0.4 is 5.32 Å². The van der Waals surface area contributed by atoms with Crippen molar-refractivity contribution in [3.63, 3.8) is 0 Å². The molecule has 0 radical (unpaired) electrons. The molecular weight excluding hydrogens is 198 g/mol. The van der Waals surface area contributed by atoms with Gasteiger partial charge in [0.25, 0.3) is 0 Å². The Labute approximate surface area is 90.6 Å². The number of hydrogen-bond acceptors (Lipinski definition) is 2. The molecule has 1 N–H and O–H groups in total. The summed E-state index contributed by atoms with van der Waals surface area (Å²) in [7, 11) is 0. The summed E-state index contributed by atoms with van der Waals surface area (Å²) >= 11 is 5.75. The van der Waals surface area contributed by atoms with Crippen LogP contribution in [0, 0.1) is 5.92 Å². The molecule has 14 heavy (non-hydrogen) atoms. The first-order valence-corrected chi connectivity index (χ1v) is 5.50. The molecule has 0 amide bonds. The zero-order valence-electron chi connectivity index (χ0n) is 9.01. The van der Waals surface area contributed by atoms with Crippen LogP contribution in [0.15, 0.2) is 16.5 Å². The monoisotopic (exact) mass is 215 g/mol. The van der Waals surface area contributed by atoms with Crippen molar-refractivity contribution in [2.45, 2.75) is 33.2 Å². The van der Waals surface area contributed by atoms with Crippen molar-refractivity contribution in [1.82, 2.24) is 5.32 Å². The highest BCUT2D eigenvalue weighted by Gasteiger charge is 2.15. The van der Waals surface area contributed by atoms with Crippen LogP contribution in [-0.2, 0) is 0 Å². The Morgan fingerprint density at radius 2 is 2.14 bits per heavy atom. The Hall–Kier alpha value is -0.470. The first kappa shape index (κ1) is 11.6. The molecule has 1 aromatic heterocycles. The number of rotatable bonds is 5. The van der Waals surface area contributed by atoms with E-state index in [4.69, 9.17) is 16.0 Å².